The minimum absolute atomic E-state index is 0. The van der Waals surface area contributed by atoms with Gasteiger partial charge in [0.25, 0.3) is 0 Å². The molecule has 0 aliphatic carbocycles. The first-order valence-electron chi connectivity index (χ1n) is 9.52. The molecule has 0 saturated carbocycles. The van der Waals surface area contributed by atoms with Gasteiger partial charge in [-0.05, 0) is 10.6 Å². The maximum absolute atomic E-state index is 2.58. The van der Waals surface area contributed by atoms with E-state index < -0.39 is 15.8 Å². The molecule has 0 atom stereocenters. The van der Waals surface area contributed by atoms with E-state index in [1.807, 2.05) is 0 Å². The van der Waals surface area contributed by atoms with E-state index in [1.165, 1.54) is 21.2 Å². The van der Waals surface area contributed by atoms with E-state index in [-0.39, 0.29) is 35.3 Å². The van der Waals surface area contributed by atoms with Crippen molar-refractivity contribution < 1.29 is 20.4 Å². The quantitative estimate of drug-likeness (QED) is 0.148. The van der Waals surface area contributed by atoms with E-state index in [9.17, 15) is 0 Å². The van der Waals surface area contributed by atoms with Crippen LogP contribution in [0.3, 0.4) is 0 Å². The molecular weight excluding hydrogens is 505 g/mol. The summed E-state index contributed by atoms with van der Waals surface area (Å²) in [7, 11) is -0.876. The van der Waals surface area contributed by atoms with Gasteiger partial charge in [0.1, 0.15) is 0 Å². The van der Waals surface area contributed by atoms with Crippen LogP contribution in [0.25, 0.3) is 0 Å². The molecule has 31 heavy (non-hydrogen) atoms. The summed E-state index contributed by atoms with van der Waals surface area (Å²) in [5.74, 6) is 0. The molecule has 0 nitrogen and oxygen atoms in total. The normalized spacial score (nSPS) is 10.0. The Morgan fingerprint density at radius 2 is 0.742 bits per heavy atom. The summed E-state index contributed by atoms with van der Waals surface area (Å²) in [6.07, 6.45) is 3.66. The van der Waals surface area contributed by atoms with Crippen molar-refractivity contribution in [3.63, 3.8) is 0 Å². The SMILES string of the molecule is [CH3-].[CH3-].[Pd].c1ccc(P([CH-]CP(c2ccccc2)c2ccccc2)c2ccccc2)cc1. The Morgan fingerprint density at radius 3 is 1.06 bits per heavy atom. The fourth-order valence-corrected chi connectivity index (χ4v) is 8.07. The maximum atomic E-state index is 2.58. The summed E-state index contributed by atoms with van der Waals surface area (Å²) in [5, 5.41) is 5.71. The second-order valence-corrected chi connectivity index (χ2v) is 10.9. The van der Waals surface area contributed by atoms with Gasteiger partial charge in [-0.3, -0.25) is 6.16 Å². The van der Waals surface area contributed by atoms with Gasteiger partial charge < -0.3 is 14.9 Å². The molecule has 0 fully saturated rings. The number of benzene rings is 4. The van der Waals surface area contributed by atoms with E-state index in [2.05, 4.69) is 127 Å². The van der Waals surface area contributed by atoms with E-state index in [0.29, 0.717) is 0 Å². The minimum atomic E-state index is -0.473. The summed E-state index contributed by atoms with van der Waals surface area (Å²) in [6, 6.07) is 43.8. The fourth-order valence-electron chi connectivity index (χ4n) is 3.28. The molecule has 3 heteroatoms. The summed E-state index contributed by atoms with van der Waals surface area (Å²) < 4.78 is 0. The van der Waals surface area contributed by atoms with Gasteiger partial charge in [0.2, 0.25) is 0 Å². The molecule has 4 rings (SSSR count). The molecule has 0 bridgehead atoms. The third kappa shape index (κ3) is 7.49. The van der Waals surface area contributed by atoms with Gasteiger partial charge in [-0.1, -0.05) is 140 Å². The summed E-state index contributed by atoms with van der Waals surface area (Å²) in [4.78, 5) is 0. The Hall–Kier alpha value is -1.60. The summed E-state index contributed by atoms with van der Waals surface area (Å²) >= 11 is 0. The van der Waals surface area contributed by atoms with Crippen LogP contribution < -0.4 is 21.2 Å². The first-order chi connectivity index (χ1) is 13.9. The Balaban J connectivity index is 0.00000160. The molecule has 0 heterocycles. The Morgan fingerprint density at radius 1 is 0.452 bits per heavy atom. The molecule has 0 unspecified atom stereocenters. The van der Waals surface area contributed by atoms with Gasteiger partial charge in [-0.2, -0.15) is 0 Å². The summed E-state index contributed by atoms with van der Waals surface area (Å²) in [6.45, 7) is 0. The molecule has 0 radical (unpaired) electrons. The Kier molecular flexibility index (Phi) is 12.8. The molecule has 0 amide bonds. The zero-order valence-corrected chi connectivity index (χ0v) is 21.4. The first kappa shape index (κ1) is 27.4. The Bertz CT molecular complexity index is 799. The number of hydrogen-bond donors (Lipinski definition) is 0. The van der Waals surface area contributed by atoms with Gasteiger partial charge in [0.05, 0.1) is 0 Å². The van der Waals surface area contributed by atoms with E-state index in [0.717, 1.165) is 6.16 Å². The molecule has 0 aromatic heterocycles. The average Bonchev–Trinajstić information content (AvgIpc) is 2.79. The third-order valence-electron chi connectivity index (χ3n) is 4.65. The van der Waals surface area contributed by atoms with Crippen LogP contribution in [0, 0.1) is 21.0 Å². The standard InChI is InChI=1S/C26H23P2.2CH3.Pd/c1-5-13-23(14-6-1)27(24-15-7-2-8-16-24)21-22-28(25-17-9-3-10-18-25)26-19-11-4-12-20-26;;;/h1-21H,22H2;2*1H3;/q3*-1;. The fraction of sp³-hybridized carbons (Fsp3) is 0.0357. The third-order valence-corrected chi connectivity index (χ3v) is 9.59. The largest absolute Gasteiger partial charge is 0.358 e. The smallest absolute Gasteiger partial charge is 0 e. The molecule has 0 aliphatic rings. The van der Waals surface area contributed by atoms with Crippen LogP contribution in [0.2, 0.25) is 0 Å². The average molecular weight is 534 g/mol. The van der Waals surface area contributed by atoms with Crippen molar-refractivity contribution in [1.29, 1.82) is 0 Å². The Labute approximate surface area is 205 Å². The topological polar surface area (TPSA) is 0 Å². The van der Waals surface area contributed by atoms with Crippen molar-refractivity contribution in [2.75, 3.05) is 6.16 Å². The van der Waals surface area contributed by atoms with Crippen LogP contribution in [0.5, 0.6) is 0 Å². The van der Waals surface area contributed by atoms with Crippen molar-refractivity contribution >= 4 is 37.1 Å². The molecule has 4 aromatic rings. The van der Waals surface area contributed by atoms with Crippen molar-refractivity contribution in [2.45, 2.75) is 0 Å². The van der Waals surface area contributed by atoms with Crippen LogP contribution in [-0.2, 0) is 20.4 Å². The molecule has 0 N–H and O–H groups in total. The van der Waals surface area contributed by atoms with Crippen LogP contribution in [0.4, 0.5) is 0 Å². The van der Waals surface area contributed by atoms with Crippen molar-refractivity contribution in [2.24, 2.45) is 0 Å². The van der Waals surface area contributed by atoms with Gasteiger partial charge in [-0.25, -0.2) is 7.92 Å². The monoisotopic (exact) mass is 533 g/mol. The van der Waals surface area contributed by atoms with Gasteiger partial charge in [-0.15, -0.1) is 6.16 Å². The second-order valence-electron chi connectivity index (χ2n) is 6.51. The van der Waals surface area contributed by atoms with Gasteiger partial charge >= 0.3 is 0 Å². The first-order valence-corrected chi connectivity index (χ1v) is 12.5. The van der Waals surface area contributed by atoms with Crippen LogP contribution in [-0.4, -0.2) is 6.16 Å². The van der Waals surface area contributed by atoms with E-state index >= 15 is 0 Å². The van der Waals surface area contributed by atoms with Crippen LogP contribution >= 0.6 is 15.8 Å². The molecular formula is C28H29P2Pd-3. The van der Waals surface area contributed by atoms with Crippen molar-refractivity contribution in [3.05, 3.63) is 142 Å². The molecule has 0 spiro atoms. The van der Waals surface area contributed by atoms with E-state index in [4.69, 9.17) is 0 Å². The second kappa shape index (κ2) is 14.5. The van der Waals surface area contributed by atoms with Crippen LogP contribution in [0.15, 0.2) is 121 Å². The number of hydrogen-bond acceptors (Lipinski definition) is 0. The minimum Gasteiger partial charge on any atom is -0.358 e. The van der Waals surface area contributed by atoms with Gasteiger partial charge in [0.15, 0.2) is 0 Å². The molecule has 0 saturated heterocycles. The zero-order valence-electron chi connectivity index (χ0n) is 18.0. The predicted octanol–water partition coefficient (Wildman–Crippen LogP) is 6.31. The van der Waals surface area contributed by atoms with Crippen LogP contribution in [0.1, 0.15) is 0 Å². The molecule has 0 aliphatic heterocycles. The molecule has 4 aromatic carbocycles. The maximum Gasteiger partial charge on any atom is 0 e. The van der Waals surface area contributed by atoms with Gasteiger partial charge in [0, 0.05) is 20.4 Å². The zero-order chi connectivity index (χ0) is 19.0. The van der Waals surface area contributed by atoms with E-state index in [1.54, 1.807) is 0 Å². The molecule has 164 valence electrons. The predicted molar refractivity (Wildman–Crippen MR) is 140 cm³/mol. The summed E-state index contributed by atoms with van der Waals surface area (Å²) in [5.41, 5.74) is 0. The van der Waals surface area contributed by atoms with Crippen molar-refractivity contribution in [1.82, 2.24) is 0 Å². The number of rotatable bonds is 7. The van der Waals surface area contributed by atoms with Crippen molar-refractivity contribution in [3.8, 4) is 0 Å².